The molecule has 26 heavy (non-hydrogen) atoms. The lowest BCUT2D eigenvalue weighted by atomic mass is 10.1. The summed E-state index contributed by atoms with van der Waals surface area (Å²) in [6.45, 7) is 1.98. The number of nitrogens with zero attached hydrogens (tertiary/aromatic N) is 1. The Bertz CT molecular complexity index is 989. The van der Waals surface area contributed by atoms with E-state index < -0.39 is 5.97 Å². The predicted molar refractivity (Wildman–Crippen MR) is 101 cm³/mol. The molecule has 0 saturated carbocycles. The van der Waals surface area contributed by atoms with Gasteiger partial charge in [-0.1, -0.05) is 12.1 Å². The van der Waals surface area contributed by atoms with Gasteiger partial charge in [0.25, 0.3) is 0 Å². The second-order valence-corrected chi connectivity index (χ2v) is 5.71. The zero-order chi connectivity index (χ0) is 18.7. The zero-order valence-corrected chi connectivity index (χ0v) is 15.1. The lowest BCUT2D eigenvalue weighted by molar-refractivity contribution is 0.0603. The molecule has 0 aliphatic carbocycles. The molecule has 6 heteroatoms. The number of aromatic amines is 1. The van der Waals surface area contributed by atoms with Crippen LogP contribution >= 0.6 is 0 Å². The van der Waals surface area contributed by atoms with Crippen LogP contribution in [0.2, 0.25) is 0 Å². The van der Waals surface area contributed by atoms with Gasteiger partial charge in [-0.2, -0.15) is 0 Å². The van der Waals surface area contributed by atoms with Gasteiger partial charge in [0.15, 0.2) is 11.5 Å². The van der Waals surface area contributed by atoms with Crippen molar-refractivity contribution in [2.24, 2.45) is 0 Å². The van der Waals surface area contributed by atoms with E-state index in [9.17, 15) is 4.79 Å². The Kier molecular flexibility index (Phi) is 4.93. The minimum Gasteiger partial charge on any atom is -0.493 e. The van der Waals surface area contributed by atoms with Crippen LogP contribution in [0.5, 0.6) is 11.5 Å². The summed E-state index contributed by atoms with van der Waals surface area (Å²) >= 11 is 0. The first-order valence-corrected chi connectivity index (χ1v) is 8.05. The maximum absolute atomic E-state index is 11.9. The van der Waals surface area contributed by atoms with Gasteiger partial charge < -0.3 is 19.2 Å². The van der Waals surface area contributed by atoms with Crippen LogP contribution < -0.4 is 9.47 Å². The molecular formula is C20H20N2O4. The van der Waals surface area contributed by atoms with Gasteiger partial charge in [0.05, 0.1) is 32.4 Å². The van der Waals surface area contributed by atoms with E-state index >= 15 is 0 Å². The van der Waals surface area contributed by atoms with E-state index in [1.54, 1.807) is 26.4 Å². The number of aromatic nitrogens is 2. The van der Waals surface area contributed by atoms with Crippen LogP contribution in [0.1, 0.15) is 28.7 Å². The van der Waals surface area contributed by atoms with Gasteiger partial charge in [-0.3, -0.25) is 0 Å². The molecule has 2 aromatic carbocycles. The fourth-order valence-electron chi connectivity index (χ4n) is 2.76. The quantitative estimate of drug-likeness (QED) is 0.704. The summed E-state index contributed by atoms with van der Waals surface area (Å²) in [5, 5.41) is 0. The normalized spacial score (nSPS) is 11.5. The molecule has 0 saturated heterocycles. The number of allylic oxidation sites excluding steroid dienone is 1. The van der Waals surface area contributed by atoms with E-state index in [2.05, 4.69) is 9.97 Å². The summed E-state index contributed by atoms with van der Waals surface area (Å²) in [5.74, 6) is 1.59. The molecule has 0 radical (unpaired) electrons. The first kappa shape index (κ1) is 17.5. The van der Waals surface area contributed by atoms with Crippen molar-refractivity contribution in [1.29, 1.82) is 0 Å². The number of carbonyl (C=O) groups excluding carboxylic acids is 1. The van der Waals surface area contributed by atoms with E-state index in [1.807, 2.05) is 37.3 Å². The summed E-state index contributed by atoms with van der Waals surface area (Å²) in [6.07, 6.45) is 1.92. The van der Waals surface area contributed by atoms with Crippen molar-refractivity contribution in [3.05, 3.63) is 53.3 Å². The maximum atomic E-state index is 11.9. The number of para-hydroxylation sites is 1. The van der Waals surface area contributed by atoms with Gasteiger partial charge in [-0.05, 0) is 48.4 Å². The average Bonchev–Trinajstić information content (AvgIpc) is 3.08. The number of fused-ring (bicyclic) bond motifs is 1. The Morgan fingerprint density at radius 3 is 2.54 bits per heavy atom. The highest BCUT2D eigenvalue weighted by atomic mass is 16.5. The molecule has 1 N–H and O–H groups in total. The van der Waals surface area contributed by atoms with Crippen LogP contribution in [0.25, 0.3) is 22.7 Å². The highest BCUT2D eigenvalue weighted by molar-refractivity contribution is 6.02. The van der Waals surface area contributed by atoms with E-state index in [1.165, 1.54) is 7.11 Å². The molecule has 0 fully saturated rings. The third kappa shape index (κ3) is 3.26. The molecule has 1 heterocycles. The molecule has 0 atom stereocenters. The number of rotatable bonds is 5. The fourth-order valence-corrected chi connectivity index (χ4v) is 2.76. The van der Waals surface area contributed by atoms with Crippen LogP contribution in [-0.4, -0.2) is 37.3 Å². The SMILES string of the molecule is COC(=O)c1cccc2[nH]c(/C=C(\C)c3ccc(OC)c(OC)c3)nc12. The number of carbonyl (C=O) groups is 1. The number of hydrogen-bond donors (Lipinski definition) is 1. The van der Waals surface area contributed by atoms with Crippen molar-refractivity contribution >= 4 is 28.7 Å². The minimum atomic E-state index is -0.408. The largest absolute Gasteiger partial charge is 0.493 e. The predicted octanol–water partition coefficient (Wildman–Crippen LogP) is 3.93. The van der Waals surface area contributed by atoms with Gasteiger partial charge >= 0.3 is 5.97 Å². The maximum Gasteiger partial charge on any atom is 0.340 e. The Balaban J connectivity index is 2.00. The highest BCUT2D eigenvalue weighted by Crippen LogP contribution is 2.31. The molecular weight excluding hydrogens is 332 g/mol. The second kappa shape index (κ2) is 7.31. The second-order valence-electron chi connectivity index (χ2n) is 5.71. The first-order valence-electron chi connectivity index (χ1n) is 8.05. The van der Waals surface area contributed by atoms with Crippen molar-refractivity contribution in [2.45, 2.75) is 6.92 Å². The van der Waals surface area contributed by atoms with E-state index in [0.29, 0.717) is 28.4 Å². The van der Waals surface area contributed by atoms with Crippen LogP contribution in [0, 0.1) is 0 Å². The van der Waals surface area contributed by atoms with Gasteiger partial charge in [0.1, 0.15) is 11.3 Å². The molecule has 0 bridgehead atoms. The molecule has 0 spiro atoms. The molecule has 6 nitrogen and oxygen atoms in total. The zero-order valence-electron chi connectivity index (χ0n) is 15.1. The first-order chi connectivity index (χ1) is 12.6. The average molecular weight is 352 g/mol. The van der Waals surface area contributed by atoms with E-state index in [-0.39, 0.29) is 0 Å². The standard InChI is InChI=1S/C20H20N2O4/c1-12(13-8-9-16(24-2)17(11-13)25-3)10-18-21-15-7-5-6-14(19(15)22-18)20(23)26-4/h5-11H,1-4H3,(H,21,22)/b12-10+. The number of ether oxygens (including phenoxy) is 3. The molecule has 0 amide bonds. The van der Waals surface area contributed by atoms with Crippen molar-refractivity contribution in [3.63, 3.8) is 0 Å². The van der Waals surface area contributed by atoms with Crippen LogP contribution in [0.4, 0.5) is 0 Å². The summed E-state index contributed by atoms with van der Waals surface area (Å²) < 4.78 is 15.4. The lowest BCUT2D eigenvalue weighted by Gasteiger charge is -2.09. The fraction of sp³-hybridized carbons (Fsp3) is 0.200. The topological polar surface area (TPSA) is 73.4 Å². The Morgan fingerprint density at radius 2 is 1.85 bits per heavy atom. The molecule has 134 valence electrons. The Labute approximate surface area is 151 Å². The van der Waals surface area contributed by atoms with Gasteiger partial charge in [-0.15, -0.1) is 0 Å². The number of methoxy groups -OCH3 is 3. The monoisotopic (exact) mass is 352 g/mol. The molecule has 3 rings (SSSR count). The van der Waals surface area contributed by atoms with Crippen LogP contribution in [-0.2, 0) is 4.74 Å². The molecule has 0 aliphatic heterocycles. The number of H-pyrrole nitrogens is 1. The number of hydrogen-bond acceptors (Lipinski definition) is 5. The Hall–Kier alpha value is -3.28. The lowest BCUT2D eigenvalue weighted by Crippen LogP contribution is -2.01. The smallest absolute Gasteiger partial charge is 0.340 e. The van der Waals surface area contributed by atoms with Crippen LogP contribution in [0.15, 0.2) is 36.4 Å². The summed E-state index contributed by atoms with van der Waals surface area (Å²) in [6, 6.07) is 11.1. The molecule has 0 aliphatic rings. The summed E-state index contributed by atoms with van der Waals surface area (Å²) in [4.78, 5) is 19.6. The highest BCUT2D eigenvalue weighted by Gasteiger charge is 2.13. The summed E-state index contributed by atoms with van der Waals surface area (Å²) in [5.41, 5.74) is 3.77. The number of imidazole rings is 1. The van der Waals surface area contributed by atoms with Crippen molar-refractivity contribution in [2.75, 3.05) is 21.3 Å². The number of benzene rings is 2. The summed E-state index contributed by atoms with van der Waals surface area (Å²) in [7, 11) is 4.57. The molecule has 0 unspecified atom stereocenters. The van der Waals surface area contributed by atoms with Gasteiger partial charge in [0, 0.05) is 0 Å². The Morgan fingerprint density at radius 1 is 1.08 bits per heavy atom. The van der Waals surface area contributed by atoms with Gasteiger partial charge in [0.2, 0.25) is 0 Å². The van der Waals surface area contributed by atoms with Crippen LogP contribution in [0.3, 0.4) is 0 Å². The molecule has 3 aromatic rings. The van der Waals surface area contributed by atoms with Crippen molar-refractivity contribution < 1.29 is 19.0 Å². The van der Waals surface area contributed by atoms with E-state index in [0.717, 1.165) is 16.7 Å². The molecule has 1 aromatic heterocycles. The minimum absolute atomic E-state index is 0.408. The van der Waals surface area contributed by atoms with Gasteiger partial charge in [-0.25, -0.2) is 9.78 Å². The third-order valence-corrected chi connectivity index (χ3v) is 4.13. The number of esters is 1. The van der Waals surface area contributed by atoms with Crippen molar-refractivity contribution in [3.8, 4) is 11.5 Å². The third-order valence-electron chi connectivity index (χ3n) is 4.13. The van der Waals surface area contributed by atoms with Crippen molar-refractivity contribution in [1.82, 2.24) is 9.97 Å². The van der Waals surface area contributed by atoms with E-state index in [4.69, 9.17) is 14.2 Å². The number of nitrogens with one attached hydrogen (secondary N) is 1.